The van der Waals surface area contributed by atoms with Crippen molar-refractivity contribution >= 4 is 23.4 Å². The van der Waals surface area contributed by atoms with Crippen LogP contribution in [0.5, 0.6) is 0 Å². The van der Waals surface area contributed by atoms with Gasteiger partial charge in [-0.25, -0.2) is 0 Å². The van der Waals surface area contributed by atoms with E-state index in [2.05, 4.69) is 10.6 Å². The second kappa shape index (κ2) is 8.19. The molecule has 5 heteroatoms. The number of benzene rings is 1. The SMILES string of the molecule is CSC(CO)C(C)NCC(=O)Nc1ccccc1C. The number of hydrogen-bond acceptors (Lipinski definition) is 4. The fourth-order valence-corrected chi connectivity index (χ4v) is 2.38. The first kappa shape index (κ1) is 16.0. The number of aryl methyl sites for hydroxylation is 1. The molecule has 0 radical (unpaired) electrons. The summed E-state index contributed by atoms with van der Waals surface area (Å²) in [5.74, 6) is -0.0704. The summed E-state index contributed by atoms with van der Waals surface area (Å²) < 4.78 is 0. The van der Waals surface area contributed by atoms with Gasteiger partial charge < -0.3 is 15.7 Å². The Morgan fingerprint density at radius 3 is 2.68 bits per heavy atom. The molecule has 1 amide bonds. The maximum absolute atomic E-state index is 11.8. The lowest BCUT2D eigenvalue weighted by atomic mass is 10.2. The van der Waals surface area contributed by atoms with Gasteiger partial charge in [0, 0.05) is 17.0 Å². The molecule has 2 atom stereocenters. The molecular formula is C14H22N2O2S. The predicted octanol–water partition coefficient (Wildman–Crippen LogP) is 1.64. The van der Waals surface area contributed by atoms with E-state index in [9.17, 15) is 9.90 Å². The monoisotopic (exact) mass is 282 g/mol. The van der Waals surface area contributed by atoms with E-state index in [-0.39, 0.29) is 30.4 Å². The average Bonchev–Trinajstić information content (AvgIpc) is 2.40. The molecule has 1 aromatic rings. The molecule has 1 aromatic carbocycles. The van der Waals surface area contributed by atoms with Gasteiger partial charge in [0.25, 0.3) is 0 Å². The zero-order valence-electron chi connectivity index (χ0n) is 11.6. The molecule has 0 saturated heterocycles. The van der Waals surface area contributed by atoms with E-state index in [0.29, 0.717) is 0 Å². The molecule has 1 rings (SSSR count). The summed E-state index contributed by atoms with van der Waals surface area (Å²) in [5.41, 5.74) is 1.88. The van der Waals surface area contributed by atoms with Crippen molar-refractivity contribution < 1.29 is 9.90 Å². The summed E-state index contributed by atoms with van der Waals surface area (Å²) in [6, 6.07) is 7.77. The standard InChI is InChI=1S/C14H22N2O2S/c1-10-6-4-5-7-12(10)16-14(18)8-15-11(2)13(9-17)19-3/h4-7,11,13,15,17H,8-9H2,1-3H3,(H,16,18). The molecule has 3 N–H and O–H groups in total. The molecule has 2 unspecified atom stereocenters. The van der Waals surface area contributed by atoms with E-state index >= 15 is 0 Å². The van der Waals surface area contributed by atoms with Gasteiger partial charge in [-0.3, -0.25) is 4.79 Å². The number of aliphatic hydroxyl groups excluding tert-OH is 1. The number of thioether (sulfide) groups is 1. The minimum absolute atomic E-state index is 0.0704. The van der Waals surface area contributed by atoms with E-state index in [1.54, 1.807) is 11.8 Å². The van der Waals surface area contributed by atoms with E-state index in [1.807, 2.05) is 44.4 Å². The largest absolute Gasteiger partial charge is 0.395 e. The van der Waals surface area contributed by atoms with Crippen LogP contribution < -0.4 is 10.6 Å². The van der Waals surface area contributed by atoms with Gasteiger partial charge in [-0.05, 0) is 31.7 Å². The summed E-state index contributed by atoms with van der Waals surface area (Å²) in [7, 11) is 0. The molecule has 0 aliphatic carbocycles. The molecule has 19 heavy (non-hydrogen) atoms. The molecule has 0 spiro atoms. The third kappa shape index (κ3) is 5.22. The number of carbonyl (C=O) groups excluding carboxylic acids is 1. The zero-order valence-corrected chi connectivity index (χ0v) is 12.5. The van der Waals surface area contributed by atoms with Gasteiger partial charge in [-0.2, -0.15) is 11.8 Å². The van der Waals surface area contributed by atoms with Crippen LogP contribution in [-0.4, -0.2) is 41.7 Å². The second-order valence-corrected chi connectivity index (χ2v) is 5.57. The molecule has 0 aliphatic heterocycles. The number of para-hydroxylation sites is 1. The van der Waals surface area contributed by atoms with Gasteiger partial charge in [0.2, 0.25) is 5.91 Å². The average molecular weight is 282 g/mol. The quantitative estimate of drug-likeness (QED) is 0.711. The van der Waals surface area contributed by atoms with Crippen molar-refractivity contribution in [2.24, 2.45) is 0 Å². The topological polar surface area (TPSA) is 61.4 Å². The van der Waals surface area contributed by atoms with Gasteiger partial charge in [-0.15, -0.1) is 0 Å². The van der Waals surface area contributed by atoms with Crippen LogP contribution in [0.25, 0.3) is 0 Å². The highest BCUT2D eigenvalue weighted by molar-refractivity contribution is 7.99. The van der Waals surface area contributed by atoms with Crippen LogP contribution in [-0.2, 0) is 4.79 Å². The number of rotatable bonds is 7. The zero-order chi connectivity index (χ0) is 14.3. The van der Waals surface area contributed by atoms with Crippen molar-refractivity contribution in [2.45, 2.75) is 25.1 Å². The van der Waals surface area contributed by atoms with Crippen LogP contribution >= 0.6 is 11.8 Å². The lowest BCUT2D eigenvalue weighted by Crippen LogP contribution is -2.41. The van der Waals surface area contributed by atoms with Gasteiger partial charge in [-0.1, -0.05) is 18.2 Å². The number of aliphatic hydroxyl groups is 1. The van der Waals surface area contributed by atoms with Crippen molar-refractivity contribution in [2.75, 3.05) is 24.7 Å². The smallest absolute Gasteiger partial charge is 0.238 e. The van der Waals surface area contributed by atoms with Crippen LogP contribution in [0.1, 0.15) is 12.5 Å². The Morgan fingerprint density at radius 2 is 2.11 bits per heavy atom. The Hall–Kier alpha value is -1.04. The number of carbonyl (C=O) groups is 1. The van der Waals surface area contributed by atoms with Crippen molar-refractivity contribution in [3.63, 3.8) is 0 Å². The Labute approximate surface area is 119 Å². The third-order valence-corrected chi connectivity index (χ3v) is 4.21. The van der Waals surface area contributed by atoms with Crippen LogP contribution in [0.4, 0.5) is 5.69 Å². The van der Waals surface area contributed by atoms with Crippen molar-refractivity contribution in [3.05, 3.63) is 29.8 Å². The summed E-state index contributed by atoms with van der Waals surface area (Å²) in [6.45, 7) is 4.28. The number of anilines is 1. The van der Waals surface area contributed by atoms with Crippen molar-refractivity contribution in [1.29, 1.82) is 0 Å². The molecule has 0 saturated carbocycles. The minimum Gasteiger partial charge on any atom is -0.395 e. The Bertz CT molecular complexity index is 408. The van der Waals surface area contributed by atoms with Gasteiger partial charge in [0.15, 0.2) is 0 Å². The third-order valence-electron chi connectivity index (χ3n) is 3.04. The highest BCUT2D eigenvalue weighted by Gasteiger charge is 2.15. The first-order valence-electron chi connectivity index (χ1n) is 6.31. The Kier molecular flexibility index (Phi) is 6.91. The van der Waals surface area contributed by atoms with Crippen LogP contribution in [0.2, 0.25) is 0 Å². The number of amides is 1. The molecule has 0 bridgehead atoms. The van der Waals surface area contributed by atoms with E-state index in [4.69, 9.17) is 0 Å². The van der Waals surface area contributed by atoms with Crippen LogP contribution in [0.15, 0.2) is 24.3 Å². The molecule has 0 aliphatic rings. The summed E-state index contributed by atoms with van der Waals surface area (Å²) in [6.07, 6.45) is 1.95. The fourth-order valence-electron chi connectivity index (χ4n) is 1.73. The molecule has 4 nitrogen and oxygen atoms in total. The Morgan fingerprint density at radius 1 is 1.42 bits per heavy atom. The predicted molar refractivity (Wildman–Crippen MR) is 81.7 cm³/mol. The highest BCUT2D eigenvalue weighted by Crippen LogP contribution is 2.13. The summed E-state index contributed by atoms with van der Waals surface area (Å²) in [4.78, 5) is 11.8. The maximum atomic E-state index is 11.8. The fraction of sp³-hybridized carbons (Fsp3) is 0.500. The lowest BCUT2D eigenvalue weighted by Gasteiger charge is -2.21. The van der Waals surface area contributed by atoms with Crippen LogP contribution in [0, 0.1) is 6.92 Å². The molecule has 106 valence electrons. The molecule has 0 heterocycles. The van der Waals surface area contributed by atoms with E-state index in [0.717, 1.165) is 11.3 Å². The molecular weight excluding hydrogens is 260 g/mol. The first-order valence-corrected chi connectivity index (χ1v) is 7.59. The summed E-state index contributed by atoms with van der Waals surface area (Å²) >= 11 is 1.59. The number of nitrogens with one attached hydrogen (secondary N) is 2. The van der Waals surface area contributed by atoms with Gasteiger partial charge in [0.05, 0.1) is 13.2 Å². The highest BCUT2D eigenvalue weighted by atomic mass is 32.2. The first-order chi connectivity index (χ1) is 9.08. The van der Waals surface area contributed by atoms with Crippen LogP contribution in [0.3, 0.4) is 0 Å². The van der Waals surface area contributed by atoms with Crippen molar-refractivity contribution in [1.82, 2.24) is 5.32 Å². The van der Waals surface area contributed by atoms with E-state index < -0.39 is 0 Å². The maximum Gasteiger partial charge on any atom is 0.238 e. The normalized spacial score (nSPS) is 13.9. The molecule has 0 aromatic heterocycles. The van der Waals surface area contributed by atoms with Gasteiger partial charge >= 0.3 is 0 Å². The van der Waals surface area contributed by atoms with Crippen molar-refractivity contribution in [3.8, 4) is 0 Å². The van der Waals surface area contributed by atoms with E-state index in [1.165, 1.54) is 0 Å². The molecule has 0 fully saturated rings. The minimum atomic E-state index is -0.0704. The number of hydrogen-bond donors (Lipinski definition) is 3. The van der Waals surface area contributed by atoms with Gasteiger partial charge in [0.1, 0.15) is 0 Å². The summed E-state index contributed by atoms with van der Waals surface area (Å²) in [5, 5.41) is 15.3. The lowest BCUT2D eigenvalue weighted by molar-refractivity contribution is -0.115. The second-order valence-electron chi connectivity index (χ2n) is 4.49. The Balaban J connectivity index is 2.42.